The van der Waals surface area contributed by atoms with E-state index in [-0.39, 0.29) is 30.0 Å². The molecule has 1 aliphatic carbocycles. The largest absolute Gasteiger partial charge is 0.351 e. The van der Waals surface area contributed by atoms with Crippen LogP contribution in [0.4, 0.5) is 13.6 Å². The number of rotatable bonds is 16. The smallest absolute Gasteiger partial charge is 0.315 e. The molecule has 0 aromatic heterocycles. The number of thioether (sulfide) groups is 1. The summed E-state index contributed by atoms with van der Waals surface area (Å²) < 4.78 is 27.6. The average molecular weight is 748 g/mol. The molecule has 12 heteroatoms. The Labute approximate surface area is 314 Å². The van der Waals surface area contributed by atoms with Crippen LogP contribution in [0.1, 0.15) is 112 Å². The van der Waals surface area contributed by atoms with Crippen LogP contribution in [0.2, 0.25) is 0 Å². The summed E-state index contributed by atoms with van der Waals surface area (Å²) in [6.07, 6.45) is 4.21. The monoisotopic (exact) mass is 747 g/mol. The van der Waals surface area contributed by atoms with Crippen molar-refractivity contribution in [3.8, 4) is 0 Å². The van der Waals surface area contributed by atoms with Gasteiger partial charge in [-0.3, -0.25) is 14.4 Å². The van der Waals surface area contributed by atoms with Gasteiger partial charge in [-0.1, -0.05) is 96.9 Å². The second-order valence-electron chi connectivity index (χ2n) is 17.0. The van der Waals surface area contributed by atoms with Gasteiger partial charge in [-0.25, -0.2) is 13.6 Å². The molecule has 1 saturated heterocycles. The number of nitrogens with zero attached hydrogens (tertiary/aromatic N) is 1. The number of likely N-dealkylation sites (tertiary alicyclic amines) is 1. The van der Waals surface area contributed by atoms with Gasteiger partial charge in [-0.15, -0.1) is 0 Å². The van der Waals surface area contributed by atoms with E-state index in [0.29, 0.717) is 18.1 Å². The normalized spacial score (nSPS) is 22.5. The predicted molar refractivity (Wildman–Crippen MR) is 206 cm³/mol. The van der Waals surface area contributed by atoms with Crippen LogP contribution in [-0.4, -0.2) is 83.3 Å². The third kappa shape index (κ3) is 12.8. The van der Waals surface area contributed by atoms with Crippen molar-refractivity contribution in [2.24, 2.45) is 16.7 Å². The lowest BCUT2D eigenvalue weighted by molar-refractivity contribution is -0.143. The van der Waals surface area contributed by atoms with Gasteiger partial charge in [-0.05, 0) is 62.2 Å². The summed E-state index contributed by atoms with van der Waals surface area (Å²) in [7, 11) is 0. The average Bonchev–Trinajstić information content (AvgIpc) is 3.69. The van der Waals surface area contributed by atoms with Crippen molar-refractivity contribution >= 4 is 35.5 Å². The highest BCUT2D eigenvalue weighted by molar-refractivity contribution is 7.99. The van der Waals surface area contributed by atoms with Gasteiger partial charge in [0.25, 0.3) is 0 Å². The molecule has 0 spiro atoms. The lowest BCUT2D eigenvalue weighted by atomic mass is 9.83. The minimum absolute atomic E-state index is 0.0830. The van der Waals surface area contributed by atoms with Crippen molar-refractivity contribution in [2.75, 3.05) is 12.8 Å². The molecule has 1 heterocycles. The summed E-state index contributed by atoms with van der Waals surface area (Å²) in [6.45, 7) is 18.0. The van der Waals surface area contributed by atoms with Crippen LogP contribution < -0.4 is 21.3 Å². The van der Waals surface area contributed by atoms with Crippen LogP contribution in [-0.2, 0) is 14.4 Å². The quantitative estimate of drug-likeness (QED) is 0.136. The van der Waals surface area contributed by atoms with Crippen molar-refractivity contribution in [3.05, 3.63) is 47.5 Å². The maximum atomic E-state index is 14.4. The molecule has 4 N–H and O–H groups in total. The van der Waals surface area contributed by atoms with Gasteiger partial charge in [-0.2, -0.15) is 11.8 Å². The van der Waals surface area contributed by atoms with E-state index < -0.39 is 66.1 Å². The van der Waals surface area contributed by atoms with Crippen LogP contribution in [0.25, 0.3) is 0 Å². The first-order chi connectivity index (χ1) is 24.2. The van der Waals surface area contributed by atoms with Crippen LogP contribution in [0, 0.1) is 16.7 Å². The molecule has 1 aromatic rings. The number of alkyl halides is 2. The minimum Gasteiger partial charge on any atom is -0.351 e. The van der Waals surface area contributed by atoms with Gasteiger partial charge in [0.1, 0.15) is 18.1 Å². The molecule has 0 bridgehead atoms. The lowest BCUT2D eigenvalue weighted by Crippen LogP contribution is -2.61. The molecule has 8 atom stereocenters. The highest BCUT2D eigenvalue weighted by Gasteiger charge is 2.47. The molecule has 2 fully saturated rings. The Balaban J connectivity index is 1.80. The Morgan fingerprint density at radius 3 is 2.17 bits per heavy atom. The van der Waals surface area contributed by atoms with E-state index in [0.717, 1.165) is 30.4 Å². The number of allylic oxidation sites excluding steroid dienone is 1. The molecule has 52 heavy (non-hydrogen) atoms. The number of nitrogens with one attached hydrogen (secondary N) is 4. The molecule has 5 amide bonds. The van der Waals surface area contributed by atoms with E-state index in [4.69, 9.17) is 0 Å². The molecule has 1 aromatic carbocycles. The fraction of sp³-hybridized carbons (Fsp3) is 0.700. The Morgan fingerprint density at radius 1 is 0.962 bits per heavy atom. The van der Waals surface area contributed by atoms with Crippen molar-refractivity contribution in [3.63, 3.8) is 0 Å². The highest BCUT2D eigenvalue weighted by Crippen LogP contribution is 2.40. The van der Waals surface area contributed by atoms with Gasteiger partial charge in [0.15, 0.2) is 0 Å². The fourth-order valence-corrected chi connectivity index (χ4v) is 7.37. The van der Waals surface area contributed by atoms with Gasteiger partial charge >= 0.3 is 6.03 Å². The van der Waals surface area contributed by atoms with Crippen LogP contribution >= 0.6 is 11.8 Å². The van der Waals surface area contributed by atoms with E-state index in [1.165, 1.54) is 4.90 Å². The molecule has 292 valence electrons. The topological polar surface area (TPSA) is 120 Å². The standard InChI is InChI=1S/C40H63F2N5O4S/c1-24(2)21-27-19-20-47(37(50)34(40(7,8)9)46-38(51)45-31(39(4,5)6)18-14-15-25(3)52-10)33(27)36(49)44-30(23-32(41)42)35(48)43-29-22-28(29)26-16-12-11-13-17-26/h11-13,16-17,21,25,27-34H,14-15,18-20,22-23H2,1-10H3,(H,43,48)(H,44,49)(H2,45,46,51)/t25?,27?,28-,29?,30+,31-,33+,34-/m1/s1. The molecular formula is C40H63F2N5O4S. The van der Waals surface area contributed by atoms with E-state index in [1.807, 2.05) is 82.8 Å². The first-order valence-electron chi connectivity index (χ1n) is 18.7. The van der Waals surface area contributed by atoms with Gasteiger partial charge in [0.05, 0.1) is 0 Å². The Kier molecular flexibility index (Phi) is 15.6. The summed E-state index contributed by atoms with van der Waals surface area (Å²) in [6, 6.07) is 5.31. The zero-order valence-electron chi connectivity index (χ0n) is 32.9. The van der Waals surface area contributed by atoms with Gasteiger partial charge in [0.2, 0.25) is 24.1 Å². The number of carbonyl (C=O) groups excluding carboxylic acids is 4. The Hall–Kier alpha value is -3.15. The number of hydrogen-bond donors (Lipinski definition) is 4. The van der Waals surface area contributed by atoms with E-state index >= 15 is 0 Å². The van der Waals surface area contributed by atoms with Crippen molar-refractivity contribution in [2.45, 2.75) is 149 Å². The summed E-state index contributed by atoms with van der Waals surface area (Å²) in [5, 5.41) is 12.0. The highest BCUT2D eigenvalue weighted by atomic mass is 32.2. The maximum Gasteiger partial charge on any atom is 0.315 e. The summed E-state index contributed by atoms with van der Waals surface area (Å²) >= 11 is 1.81. The van der Waals surface area contributed by atoms with E-state index in [9.17, 15) is 28.0 Å². The maximum absolute atomic E-state index is 14.4. The zero-order valence-corrected chi connectivity index (χ0v) is 33.7. The van der Waals surface area contributed by atoms with E-state index in [2.05, 4.69) is 55.2 Å². The first-order valence-corrected chi connectivity index (χ1v) is 20.0. The molecule has 9 nitrogen and oxygen atoms in total. The molecule has 1 saturated carbocycles. The summed E-state index contributed by atoms with van der Waals surface area (Å²) in [5.74, 6) is -2.10. The molecule has 3 unspecified atom stereocenters. The molecule has 3 rings (SSSR count). The van der Waals surface area contributed by atoms with Crippen LogP contribution in [0.3, 0.4) is 0 Å². The SMILES string of the molecule is CSC(C)CCC[C@@H](NC(=O)N[C@H](C(=O)N1CCC(C=C(C)C)[C@H]1C(=O)N[C@@H](CC(F)F)C(=O)NC1C[C@@H]1c1ccccc1)C(C)(C)C)C(C)(C)C. The number of hydrogen-bond acceptors (Lipinski definition) is 5. The number of amides is 5. The van der Waals surface area contributed by atoms with Crippen molar-refractivity contribution in [1.82, 2.24) is 26.2 Å². The zero-order chi connectivity index (χ0) is 39.0. The number of benzene rings is 1. The summed E-state index contributed by atoms with van der Waals surface area (Å²) in [4.78, 5) is 56.9. The summed E-state index contributed by atoms with van der Waals surface area (Å²) in [5.41, 5.74) is 1.04. The number of halogens is 2. The second kappa shape index (κ2) is 18.7. The lowest BCUT2D eigenvalue weighted by Gasteiger charge is -2.37. The van der Waals surface area contributed by atoms with Gasteiger partial charge in [0, 0.05) is 42.1 Å². The van der Waals surface area contributed by atoms with E-state index in [1.54, 1.807) is 0 Å². The first kappa shape index (κ1) is 43.3. The Bertz CT molecular complexity index is 1390. The molecule has 0 radical (unpaired) electrons. The van der Waals surface area contributed by atoms with Gasteiger partial charge < -0.3 is 26.2 Å². The molecular weight excluding hydrogens is 685 g/mol. The second-order valence-corrected chi connectivity index (χ2v) is 18.3. The molecule has 2 aliphatic rings. The number of carbonyl (C=O) groups is 4. The molecule has 1 aliphatic heterocycles. The third-order valence-electron chi connectivity index (χ3n) is 10.2. The minimum atomic E-state index is -2.84. The van der Waals surface area contributed by atoms with Crippen molar-refractivity contribution < 1.29 is 28.0 Å². The predicted octanol–water partition coefficient (Wildman–Crippen LogP) is 7.03. The Morgan fingerprint density at radius 2 is 1.62 bits per heavy atom. The van der Waals surface area contributed by atoms with Crippen LogP contribution in [0.5, 0.6) is 0 Å². The third-order valence-corrected chi connectivity index (χ3v) is 11.2. The van der Waals surface area contributed by atoms with Crippen LogP contribution in [0.15, 0.2) is 42.0 Å². The number of urea groups is 1. The fourth-order valence-electron chi connectivity index (χ4n) is 6.97. The van der Waals surface area contributed by atoms with Crippen molar-refractivity contribution in [1.29, 1.82) is 0 Å².